The summed E-state index contributed by atoms with van der Waals surface area (Å²) in [5.41, 5.74) is 1.48. The second-order valence-corrected chi connectivity index (χ2v) is 6.22. The highest BCUT2D eigenvalue weighted by atomic mass is 16.1. The molecule has 1 atom stereocenters. The first-order valence-electron chi connectivity index (χ1n) is 8.43. The van der Waals surface area contributed by atoms with Crippen molar-refractivity contribution < 1.29 is 4.79 Å². The van der Waals surface area contributed by atoms with E-state index < -0.39 is 0 Å². The Bertz CT molecular complexity index is 450. The van der Waals surface area contributed by atoms with Crippen molar-refractivity contribution in [2.45, 2.75) is 46.5 Å². The van der Waals surface area contributed by atoms with Gasteiger partial charge in [0.05, 0.1) is 0 Å². The first-order valence-corrected chi connectivity index (χ1v) is 8.43. The van der Waals surface area contributed by atoms with Crippen molar-refractivity contribution in [1.82, 2.24) is 5.32 Å². The normalized spacial score (nSPS) is 20.4. The van der Waals surface area contributed by atoms with Crippen molar-refractivity contribution >= 4 is 5.78 Å². The molecule has 22 heavy (non-hydrogen) atoms. The number of hydrogen-bond donors (Lipinski definition) is 1. The fraction of sp³-hybridized carbons (Fsp3) is 0.550. The molecule has 1 fully saturated rings. The van der Waals surface area contributed by atoms with Crippen LogP contribution in [-0.4, -0.2) is 18.9 Å². The molecule has 0 bridgehead atoms. The molecule has 2 nitrogen and oxygen atoms in total. The van der Waals surface area contributed by atoms with E-state index in [2.05, 4.69) is 30.1 Å². The zero-order valence-corrected chi connectivity index (χ0v) is 14.4. The maximum Gasteiger partial charge on any atom is 0.158 e. The van der Waals surface area contributed by atoms with E-state index in [9.17, 15) is 4.79 Å². The largest absolute Gasteiger partial charge is 0.317 e. The van der Waals surface area contributed by atoms with Crippen LogP contribution in [0.25, 0.3) is 0 Å². The van der Waals surface area contributed by atoms with Gasteiger partial charge in [-0.05, 0) is 69.7 Å². The molecule has 0 radical (unpaired) electrons. The summed E-state index contributed by atoms with van der Waals surface area (Å²) in [5.74, 6) is 0.333. The van der Waals surface area contributed by atoms with Crippen LogP contribution in [0.3, 0.4) is 0 Å². The quantitative estimate of drug-likeness (QED) is 0.524. The number of hydrogen-bond acceptors (Lipinski definition) is 2. The summed E-state index contributed by atoms with van der Waals surface area (Å²) in [6, 6.07) is 0. The molecule has 0 spiro atoms. The third-order valence-electron chi connectivity index (χ3n) is 4.73. The van der Waals surface area contributed by atoms with Crippen LogP contribution < -0.4 is 5.32 Å². The minimum Gasteiger partial charge on any atom is -0.317 e. The lowest BCUT2D eigenvalue weighted by Gasteiger charge is -2.39. The number of carbonyl (C=O) groups is 1. The molecule has 0 aromatic carbocycles. The van der Waals surface area contributed by atoms with Gasteiger partial charge in [0.15, 0.2) is 5.78 Å². The molecule has 1 saturated heterocycles. The lowest BCUT2D eigenvalue weighted by molar-refractivity contribution is -0.118. The van der Waals surface area contributed by atoms with E-state index >= 15 is 0 Å². The van der Waals surface area contributed by atoms with Gasteiger partial charge in [0.25, 0.3) is 0 Å². The van der Waals surface area contributed by atoms with E-state index in [4.69, 9.17) is 0 Å². The topological polar surface area (TPSA) is 29.1 Å². The van der Waals surface area contributed by atoms with Gasteiger partial charge >= 0.3 is 0 Å². The van der Waals surface area contributed by atoms with Crippen molar-refractivity contribution in [3.63, 3.8) is 0 Å². The van der Waals surface area contributed by atoms with Gasteiger partial charge in [0, 0.05) is 5.92 Å². The molecule has 1 unspecified atom stereocenters. The molecule has 1 rings (SSSR count). The number of allylic oxidation sites excluding steroid dienone is 7. The summed E-state index contributed by atoms with van der Waals surface area (Å²) in [6.45, 7) is 12.1. The Hall–Kier alpha value is -1.41. The number of piperidine rings is 1. The summed E-state index contributed by atoms with van der Waals surface area (Å²) >= 11 is 0. The highest BCUT2D eigenvalue weighted by Gasteiger charge is 2.34. The molecule has 1 N–H and O–H groups in total. The minimum atomic E-state index is 0.0933. The van der Waals surface area contributed by atoms with E-state index in [1.807, 2.05) is 32.9 Å². The second kappa shape index (κ2) is 9.58. The van der Waals surface area contributed by atoms with Gasteiger partial charge in [-0.2, -0.15) is 0 Å². The number of nitrogens with one attached hydrogen (secondary N) is 1. The fourth-order valence-corrected chi connectivity index (χ4v) is 3.21. The van der Waals surface area contributed by atoms with Crippen LogP contribution in [-0.2, 0) is 4.79 Å². The SMILES string of the molecule is C=CC(=CC=CC)C1(CCC(C)C(=O)/C=C/C)CCNCC1. The summed E-state index contributed by atoms with van der Waals surface area (Å²) in [4.78, 5) is 12.0. The molecule has 0 aliphatic carbocycles. The van der Waals surface area contributed by atoms with Gasteiger partial charge in [0.2, 0.25) is 0 Å². The summed E-state index contributed by atoms with van der Waals surface area (Å²) in [6.07, 6.45) is 16.1. The Kier molecular flexibility index (Phi) is 8.11. The summed E-state index contributed by atoms with van der Waals surface area (Å²) in [5, 5.41) is 3.45. The zero-order valence-electron chi connectivity index (χ0n) is 14.4. The maximum atomic E-state index is 12.0. The highest BCUT2D eigenvalue weighted by Crippen LogP contribution is 2.42. The first kappa shape index (κ1) is 18.6. The molecule has 0 aromatic rings. The predicted molar refractivity (Wildman–Crippen MR) is 95.8 cm³/mol. The highest BCUT2D eigenvalue weighted by molar-refractivity contribution is 5.91. The Labute approximate surface area is 136 Å². The third-order valence-corrected chi connectivity index (χ3v) is 4.73. The average Bonchev–Trinajstić information content (AvgIpc) is 2.54. The Morgan fingerprint density at radius 2 is 1.95 bits per heavy atom. The molecule has 2 heteroatoms. The van der Waals surface area contributed by atoms with Crippen LogP contribution in [0.2, 0.25) is 0 Å². The smallest absolute Gasteiger partial charge is 0.158 e. The van der Waals surface area contributed by atoms with Crippen LogP contribution in [0.1, 0.15) is 46.5 Å². The average molecular weight is 301 g/mol. The van der Waals surface area contributed by atoms with Gasteiger partial charge in [-0.15, -0.1) is 0 Å². The van der Waals surface area contributed by atoms with Crippen molar-refractivity contribution in [3.05, 3.63) is 48.6 Å². The Morgan fingerprint density at radius 3 is 2.50 bits per heavy atom. The molecule has 1 aliphatic heterocycles. The van der Waals surface area contributed by atoms with E-state index in [1.54, 1.807) is 6.08 Å². The zero-order chi connectivity index (χ0) is 16.4. The molecule has 1 heterocycles. The van der Waals surface area contributed by atoms with Crippen LogP contribution in [0.4, 0.5) is 0 Å². The van der Waals surface area contributed by atoms with Crippen LogP contribution in [0, 0.1) is 11.3 Å². The lowest BCUT2D eigenvalue weighted by atomic mass is 9.68. The molecule has 0 saturated carbocycles. The molecular weight excluding hydrogens is 270 g/mol. The fourth-order valence-electron chi connectivity index (χ4n) is 3.21. The van der Waals surface area contributed by atoms with Crippen LogP contribution in [0.15, 0.2) is 48.6 Å². The van der Waals surface area contributed by atoms with Gasteiger partial charge in [0.1, 0.15) is 0 Å². The van der Waals surface area contributed by atoms with E-state index in [0.29, 0.717) is 0 Å². The van der Waals surface area contributed by atoms with Gasteiger partial charge < -0.3 is 5.32 Å². The second-order valence-electron chi connectivity index (χ2n) is 6.22. The van der Waals surface area contributed by atoms with Crippen molar-refractivity contribution in [1.29, 1.82) is 0 Å². The van der Waals surface area contributed by atoms with Gasteiger partial charge in [-0.3, -0.25) is 4.79 Å². The predicted octanol–water partition coefficient (Wildman–Crippen LogP) is 4.61. The number of carbonyl (C=O) groups excluding carboxylic acids is 1. The monoisotopic (exact) mass is 301 g/mol. The van der Waals surface area contributed by atoms with E-state index in [0.717, 1.165) is 38.8 Å². The molecule has 1 aliphatic rings. The van der Waals surface area contributed by atoms with Crippen molar-refractivity contribution in [2.24, 2.45) is 11.3 Å². The summed E-state index contributed by atoms with van der Waals surface area (Å²) < 4.78 is 0. The van der Waals surface area contributed by atoms with Crippen molar-refractivity contribution in [3.8, 4) is 0 Å². The van der Waals surface area contributed by atoms with E-state index in [-0.39, 0.29) is 17.1 Å². The standard InChI is InChI=1S/C20H31NO/c1-5-8-10-18(7-3)20(13-15-21-16-14-20)12-11-17(4)19(22)9-6-2/h5-10,17,21H,3,11-16H2,1-2,4H3/b8-5?,9-6+,18-10?. The molecule has 122 valence electrons. The third kappa shape index (κ3) is 5.10. The maximum absolute atomic E-state index is 12.0. The van der Waals surface area contributed by atoms with Crippen LogP contribution in [0.5, 0.6) is 0 Å². The van der Waals surface area contributed by atoms with E-state index in [1.165, 1.54) is 5.57 Å². The van der Waals surface area contributed by atoms with Crippen LogP contribution >= 0.6 is 0 Å². The summed E-state index contributed by atoms with van der Waals surface area (Å²) in [7, 11) is 0. The molecular formula is C20H31NO. The lowest BCUT2D eigenvalue weighted by Crippen LogP contribution is -2.38. The number of ketones is 1. The first-order chi connectivity index (χ1) is 10.6. The van der Waals surface area contributed by atoms with Gasteiger partial charge in [-0.1, -0.05) is 43.9 Å². The van der Waals surface area contributed by atoms with Crippen molar-refractivity contribution in [2.75, 3.05) is 13.1 Å². The Balaban J connectivity index is 2.88. The Morgan fingerprint density at radius 1 is 1.27 bits per heavy atom. The number of rotatable bonds is 8. The van der Waals surface area contributed by atoms with Gasteiger partial charge in [-0.25, -0.2) is 0 Å². The molecule has 0 amide bonds. The molecule has 0 aromatic heterocycles. The minimum absolute atomic E-state index is 0.0933.